The number of fused-ring (bicyclic) bond motifs is 3. The molecule has 0 saturated carbocycles. The Bertz CT molecular complexity index is 944. The summed E-state index contributed by atoms with van der Waals surface area (Å²) in [6.45, 7) is 3.72. The van der Waals surface area contributed by atoms with Crippen molar-refractivity contribution in [3.63, 3.8) is 0 Å². The van der Waals surface area contributed by atoms with Crippen molar-refractivity contribution >= 4 is 33.4 Å². The van der Waals surface area contributed by atoms with Crippen molar-refractivity contribution in [3.05, 3.63) is 34.9 Å². The number of hydrogen-bond acceptors (Lipinski definition) is 5. The Labute approximate surface area is 166 Å². The average Bonchev–Trinajstić information content (AvgIpc) is 3.23. The molecule has 0 aromatic heterocycles. The van der Waals surface area contributed by atoms with Crippen LogP contribution in [0.5, 0.6) is 0 Å². The largest absolute Gasteiger partial charge is 0.319 e. The van der Waals surface area contributed by atoms with Crippen LogP contribution in [-0.2, 0) is 22.4 Å². The van der Waals surface area contributed by atoms with Crippen LogP contribution in [0, 0.1) is 16.7 Å². The van der Waals surface area contributed by atoms with Crippen molar-refractivity contribution in [1.82, 2.24) is 9.80 Å². The van der Waals surface area contributed by atoms with Gasteiger partial charge in [-0.05, 0) is 49.8 Å². The van der Waals surface area contributed by atoms with Crippen LogP contribution < -0.4 is 0 Å². The molecule has 1 aromatic carbocycles. The van der Waals surface area contributed by atoms with Crippen LogP contribution >= 0.6 is 21.6 Å². The highest BCUT2D eigenvalue weighted by molar-refractivity contribution is 8.78. The van der Waals surface area contributed by atoms with E-state index in [-0.39, 0.29) is 11.8 Å². The van der Waals surface area contributed by atoms with E-state index in [9.17, 15) is 14.9 Å². The first-order valence-electron chi connectivity index (χ1n) is 9.29. The van der Waals surface area contributed by atoms with Crippen LogP contribution in [-0.4, -0.2) is 38.4 Å². The van der Waals surface area contributed by atoms with Gasteiger partial charge >= 0.3 is 0 Å². The fourth-order valence-electron chi connectivity index (χ4n) is 5.18. The number of nitriles is 1. The zero-order valence-corrected chi connectivity index (χ0v) is 17.2. The number of nitrogens with zero attached hydrogens (tertiary/aromatic N) is 3. The number of carbonyl (C=O) groups is 2. The molecular weight excluding hydrogens is 378 g/mol. The normalized spacial score (nSPS) is 39.6. The van der Waals surface area contributed by atoms with E-state index in [1.807, 2.05) is 13.8 Å². The van der Waals surface area contributed by atoms with E-state index in [2.05, 4.69) is 24.3 Å². The Morgan fingerprint density at radius 2 is 1.89 bits per heavy atom. The summed E-state index contributed by atoms with van der Waals surface area (Å²) in [7, 11) is 4.63. The second-order valence-electron chi connectivity index (χ2n) is 8.46. The fourth-order valence-corrected chi connectivity index (χ4v) is 8.76. The number of rotatable bonds is 1. The highest BCUT2D eigenvalue weighted by atomic mass is 33.1. The van der Waals surface area contributed by atoms with Gasteiger partial charge < -0.3 is 9.80 Å². The first kappa shape index (κ1) is 17.4. The molecule has 1 spiro atoms. The first-order valence-corrected chi connectivity index (χ1v) is 11.4. The van der Waals surface area contributed by atoms with Gasteiger partial charge in [0.05, 0.1) is 17.5 Å². The zero-order chi connectivity index (χ0) is 19.2. The van der Waals surface area contributed by atoms with Crippen molar-refractivity contribution in [2.75, 3.05) is 7.05 Å². The molecule has 7 heteroatoms. The van der Waals surface area contributed by atoms with Crippen LogP contribution in [0.25, 0.3) is 0 Å². The van der Waals surface area contributed by atoms with Crippen molar-refractivity contribution in [2.24, 2.45) is 5.41 Å². The number of piperazine rings is 1. The molecule has 2 amide bonds. The minimum atomic E-state index is -0.984. The molecule has 4 atom stereocenters. The number of hydrogen-bond donors (Lipinski definition) is 0. The van der Waals surface area contributed by atoms with Gasteiger partial charge in [-0.25, -0.2) is 0 Å². The van der Waals surface area contributed by atoms with E-state index in [4.69, 9.17) is 0 Å². The van der Waals surface area contributed by atoms with Gasteiger partial charge in [-0.1, -0.05) is 39.8 Å². The van der Waals surface area contributed by atoms with Gasteiger partial charge in [0.2, 0.25) is 0 Å². The Kier molecular flexibility index (Phi) is 3.38. The summed E-state index contributed by atoms with van der Waals surface area (Å²) in [6.07, 6.45) is 3.65. The monoisotopic (exact) mass is 399 g/mol. The van der Waals surface area contributed by atoms with Crippen LogP contribution in [0.3, 0.4) is 0 Å². The number of carbonyl (C=O) groups excluding carboxylic acids is 2. The third-order valence-electron chi connectivity index (χ3n) is 6.79. The molecule has 4 saturated heterocycles. The molecule has 5 nitrogen and oxygen atoms in total. The van der Waals surface area contributed by atoms with Crippen LogP contribution in [0.15, 0.2) is 18.2 Å². The molecule has 4 fully saturated rings. The number of amides is 2. The molecule has 5 aliphatic rings. The molecule has 27 heavy (non-hydrogen) atoms. The molecule has 140 valence electrons. The van der Waals surface area contributed by atoms with Crippen molar-refractivity contribution < 1.29 is 9.59 Å². The van der Waals surface area contributed by atoms with E-state index >= 15 is 0 Å². The molecule has 1 aromatic rings. The lowest BCUT2D eigenvalue weighted by Gasteiger charge is -2.57. The second kappa shape index (κ2) is 5.24. The standard InChI is InChI=1S/C20H21N3O2S2/c1-18(11-21)10-20-17(25)22(3)19(2,26-27-20)16(24)23(20)15(18)14-8-7-12-5-4-6-13(12)9-14/h7-9,15H,4-6,10H2,1-3H3/t15?,18-,19+,20?/m1/s1. The SMILES string of the molecule is CN1C(=O)C23C[C@](C)(C#N)C(c4ccc5c(c4)CCC5)N2C(=O)[C@]1(C)SS3. The molecule has 6 rings (SSSR count). The molecule has 2 unspecified atom stereocenters. The number of benzene rings is 1. The van der Waals surface area contributed by atoms with Gasteiger partial charge in [-0.15, -0.1) is 0 Å². The summed E-state index contributed by atoms with van der Waals surface area (Å²) < 4.78 is 0. The minimum Gasteiger partial charge on any atom is -0.319 e. The predicted octanol–water partition coefficient (Wildman–Crippen LogP) is 3.26. The molecular formula is C20H21N3O2S2. The summed E-state index contributed by atoms with van der Waals surface area (Å²) in [6, 6.07) is 8.45. The van der Waals surface area contributed by atoms with Crippen LogP contribution in [0.4, 0.5) is 0 Å². The van der Waals surface area contributed by atoms with Gasteiger partial charge in [0, 0.05) is 13.5 Å². The summed E-state index contributed by atoms with van der Waals surface area (Å²) in [4.78, 5) is 28.3. The minimum absolute atomic E-state index is 0.0570. The molecule has 4 aliphatic heterocycles. The summed E-state index contributed by atoms with van der Waals surface area (Å²) in [5.41, 5.74) is 2.87. The van der Waals surface area contributed by atoms with Gasteiger partial charge in [0.25, 0.3) is 11.8 Å². The molecule has 4 heterocycles. The van der Waals surface area contributed by atoms with E-state index in [1.165, 1.54) is 32.7 Å². The lowest BCUT2D eigenvalue weighted by Crippen LogP contribution is -2.73. The van der Waals surface area contributed by atoms with E-state index in [0.29, 0.717) is 6.42 Å². The van der Waals surface area contributed by atoms with E-state index in [1.54, 1.807) is 16.8 Å². The summed E-state index contributed by atoms with van der Waals surface area (Å²) in [5.74, 6) is -0.115. The van der Waals surface area contributed by atoms with Gasteiger partial charge in [-0.3, -0.25) is 9.59 Å². The number of likely N-dealkylation sites (N-methyl/N-ethyl adjacent to an activating group) is 1. The van der Waals surface area contributed by atoms with Gasteiger partial charge in [0.1, 0.15) is 0 Å². The van der Waals surface area contributed by atoms with Crippen molar-refractivity contribution in [1.29, 1.82) is 5.26 Å². The third-order valence-corrected chi connectivity index (χ3v) is 10.5. The predicted molar refractivity (Wildman–Crippen MR) is 105 cm³/mol. The Morgan fingerprint density at radius 1 is 1.15 bits per heavy atom. The summed E-state index contributed by atoms with van der Waals surface area (Å²) >= 11 is 0. The maximum absolute atomic E-state index is 13.6. The molecule has 2 bridgehead atoms. The van der Waals surface area contributed by atoms with Crippen molar-refractivity contribution in [3.8, 4) is 6.07 Å². The van der Waals surface area contributed by atoms with Crippen LogP contribution in [0.2, 0.25) is 0 Å². The molecule has 1 aliphatic carbocycles. The van der Waals surface area contributed by atoms with E-state index < -0.39 is 21.2 Å². The van der Waals surface area contributed by atoms with E-state index in [0.717, 1.165) is 24.8 Å². The first-order chi connectivity index (χ1) is 12.8. The Balaban J connectivity index is 1.71. The second-order valence-corrected chi connectivity index (χ2v) is 11.3. The topological polar surface area (TPSA) is 64.4 Å². The zero-order valence-electron chi connectivity index (χ0n) is 15.6. The Hall–Kier alpha value is -1.65. The quantitative estimate of drug-likeness (QED) is 0.678. The summed E-state index contributed by atoms with van der Waals surface area (Å²) in [5, 5.41) is 10.1. The fraction of sp³-hybridized carbons (Fsp3) is 0.550. The highest BCUT2D eigenvalue weighted by Crippen LogP contribution is 2.69. The molecule has 0 N–H and O–H groups in total. The lowest BCUT2D eigenvalue weighted by atomic mass is 9.79. The number of aryl methyl sites for hydroxylation is 2. The Morgan fingerprint density at radius 3 is 2.63 bits per heavy atom. The van der Waals surface area contributed by atoms with Crippen molar-refractivity contribution in [2.45, 2.75) is 55.3 Å². The molecule has 0 radical (unpaired) electrons. The lowest BCUT2D eigenvalue weighted by molar-refractivity contribution is -0.164. The third kappa shape index (κ3) is 1.93. The maximum Gasteiger partial charge on any atom is 0.261 e. The van der Waals surface area contributed by atoms with Crippen LogP contribution in [0.1, 0.15) is 49.4 Å². The maximum atomic E-state index is 13.6. The smallest absolute Gasteiger partial charge is 0.261 e. The van der Waals surface area contributed by atoms with Gasteiger partial charge in [-0.2, -0.15) is 5.26 Å². The highest BCUT2D eigenvalue weighted by Gasteiger charge is 2.74. The van der Waals surface area contributed by atoms with Gasteiger partial charge in [0.15, 0.2) is 9.74 Å². The average molecular weight is 400 g/mol.